The van der Waals surface area contributed by atoms with Crippen LogP contribution in [0.15, 0.2) is 114 Å². The van der Waals surface area contributed by atoms with E-state index in [1.165, 1.54) is 0 Å². The molecule has 5 aromatic rings. The van der Waals surface area contributed by atoms with Gasteiger partial charge in [-0.1, -0.05) is 78.3 Å². The summed E-state index contributed by atoms with van der Waals surface area (Å²) in [4.78, 5) is 4.77. The Labute approximate surface area is 215 Å². The molecule has 1 aromatic heterocycles. The van der Waals surface area contributed by atoms with Crippen molar-refractivity contribution >= 4 is 23.6 Å². The van der Waals surface area contributed by atoms with Gasteiger partial charge in [0.15, 0.2) is 17.3 Å². The zero-order valence-corrected chi connectivity index (χ0v) is 20.5. The molecule has 0 fully saturated rings. The van der Waals surface area contributed by atoms with Crippen LogP contribution in [0.2, 0.25) is 5.02 Å². The van der Waals surface area contributed by atoms with Crippen LogP contribution in [0, 0.1) is 0 Å². The fourth-order valence-electron chi connectivity index (χ4n) is 3.77. The van der Waals surface area contributed by atoms with Gasteiger partial charge in [0.25, 0.3) is 0 Å². The third-order valence-corrected chi connectivity index (χ3v) is 6.00. The van der Waals surface area contributed by atoms with Crippen LogP contribution in [0.3, 0.4) is 0 Å². The van der Waals surface area contributed by atoms with Crippen LogP contribution in [0.1, 0.15) is 11.1 Å². The quantitative estimate of drug-likeness (QED) is 0.210. The van der Waals surface area contributed by atoms with Gasteiger partial charge in [-0.15, -0.1) is 0 Å². The Morgan fingerprint density at radius 2 is 1.56 bits per heavy atom. The molecule has 178 valence electrons. The SMILES string of the molecule is COc1cc(/C=N/c2cc(-c3ccccc3)nn2-c2ccccc2)ccc1OCc1ccccc1Cl. The fourth-order valence-corrected chi connectivity index (χ4v) is 3.96. The van der Waals surface area contributed by atoms with Crippen molar-refractivity contribution in [1.82, 2.24) is 9.78 Å². The molecule has 0 aliphatic heterocycles. The van der Waals surface area contributed by atoms with Crippen molar-refractivity contribution in [3.63, 3.8) is 0 Å². The summed E-state index contributed by atoms with van der Waals surface area (Å²) in [6, 6.07) is 35.4. The molecule has 0 radical (unpaired) electrons. The lowest BCUT2D eigenvalue weighted by molar-refractivity contribution is 0.284. The Bertz CT molecular complexity index is 1480. The van der Waals surface area contributed by atoms with Crippen LogP contribution in [0.4, 0.5) is 5.82 Å². The van der Waals surface area contributed by atoms with Gasteiger partial charge in [-0.25, -0.2) is 9.67 Å². The van der Waals surface area contributed by atoms with Gasteiger partial charge in [-0.2, -0.15) is 5.10 Å². The van der Waals surface area contributed by atoms with Crippen molar-refractivity contribution in [2.45, 2.75) is 6.61 Å². The first kappa shape index (κ1) is 23.4. The summed E-state index contributed by atoms with van der Waals surface area (Å²) in [5.41, 5.74) is 4.61. The molecular weight excluding hydrogens is 470 g/mol. The van der Waals surface area contributed by atoms with Gasteiger partial charge in [0, 0.05) is 28.4 Å². The van der Waals surface area contributed by atoms with Crippen LogP contribution in [0.25, 0.3) is 16.9 Å². The molecular formula is C30H24ClN3O2. The van der Waals surface area contributed by atoms with Crippen LogP contribution < -0.4 is 9.47 Å². The summed E-state index contributed by atoms with van der Waals surface area (Å²) in [6.45, 7) is 0.349. The predicted molar refractivity (Wildman–Crippen MR) is 145 cm³/mol. The zero-order valence-electron chi connectivity index (χ0n) is 19.7. The van der Waals surface area contributed by atoms with Crippen LogP contribution in [0.5, 0.6) is 11.5 Å². The molecule has 0 spiro atoms. The molecule has 0 saturated carbocycles. The van der Waals surface area contributed by atoms with E-state index in [0.717, 1.165) is 33.9 Å². The number of halogens is 1. The largest absolute Gasteiger partial charge is 0.493 e. The first-order chi connectivity index (χ1) is 17.7. The number of nitrogens with zero attached hydrogens (tertiary/aromatic N) is 3. The molecule has 0 aliphatic carbocycles. The van der Waals surface area contributed by atoms with E-state index in [4.69, 9.17) is 31.2 Å². The van der Waals surface area contributed by atoms with Gasteiger partial charge >= 0.3 is 0 Å². The summed E-state index contributed by atoms with van der Waals surface area (Å²) < 4.78 is 13.4. The maximum Gasteiger partial charge on any atom is 0.161 e. The number of benzene rings is 4. The molecule has 5 rings (SSSR count). The highest BCUT2D eigenvalue weighted by Crippen LogP contribution is 2.30. The average Bonchev–Trinajstić information content (AvgIpc) is 3.37. The minimum atomic E-state index is 0.349. The molecule has 0 bridgehead atoms. The first-order valence-corrected chi connectivity index (χ1v) is 11.9. The Balaban J connectivity index is 1.42. The van der Waals surface area contributed by atoms with Crippen molar-refractivity contribution in [3.05, 3.63) is 125 Å². The zero-order chi connectivity index (χ0) is 24.7. The molecule has 6 heteroatoms. The van der Waals surface area contributed by atoms with Gasteiger partial charge < -0.3 is 9.47 Å². The third-order valence-electron chi connectivity index (χ3n) is 5.64. The second-order valence-electron chi connectivity index (χ2n) is 8.05. The van der Waals surface area contributed by atoms with Crippen molar-refractivity contribution in [2.75, 3.05) is 7.11 Å². The highest BCUT2D eigenvalue weighted by atomic mass is 35.5. The summed E-state index contributed by atoms with van der Waals surface area (Å²) >= 11 is 6.25. The summed E-state index contributed by atoms with van der Waals surface area (Å²) in [5.74, 6) is 1.97. The highest BCUT2D eigenvalue weighted by Gasteiger charge is 2.11. The number of para-hydroxylation sites is 1. The molecule has 0 aliphatic rings. The normalized spacial score (nSPS) is 11.1. The topological polar surface area (TPSA) is 48.6 Å². The van der Waals surface area contributed by atoms with Gasteiger partial charge in [0.2, 0.25) is 0 Å². The minimum Gasteiger partial charge on any atom is -0.493 e. The van der Waals surface area contributed by atoms with Crippen molar-refractivity contribution in [1.29, 1.82) is 0 Å². The molecule has 4 aromatic carbocycles. The van der Waals surface area contributed by atoms with Crippen LogP contribution >= 0.6 is 11.6 Å². The van der Waals surface area contributed by atoms with Crippen LogP contribution in [-0.4, -0.2) is 23.1 Å². The van der Waals surface area contributed by atoms with E-state index in [0.29, 0.717) is 23.1 Å². The lowest BCUT2D eigenvalue weighted by Gasteiger charge is -2.12. The van der Waals surface area contributed by atoms with Crippen LogP contribution in [-0.2, 0) is 6.61 Å². The Kier molecular flexibility index (Phi) is 7.10. The Hall–Kier alpha value is -4.35. The van der Waals surface area contributed by atoms with Crippen molar-refractivity contribution < 1.29 is 9.47 Å². The third kappa shape index (κ3) is 5.32. The number of ether oxygens (including phenoxy) is 2. The van der Waals surface area contributed by atoms with Crippen molar-refractivity contribution in [2.24, 2.45) is 4.99 Å². The molecule has 0 N–H and O–H groups in total. The number of hydrogen-bond donors (Lipinski definition) is 0. The van der Waals surface area contributed by atoms with Gasteiger partial charge in [0.1, 0.15) is 6.61 Å². The van der Waals surface area contributed by atoms with Gasteiger partial charge in [0.05, 0.1) is 18.5 Å². The first-order valence-electron chi connectivity index (χ1n) is 11.5. The van der Waals surface area contributed by atoms with E-state index in [1.54, 1.807) is 13.3 Å². The minimum absolute atomic E-state index is 0.349. The molecule has 0 saturated heterocycles. The second-order valence-corrected chi connectivity index (χ2v) is 8.46. The fraction of sp³-hybridized carbons (Fsp3) is 0.0667. The standard InChI is InChI=1S/C30H24ClN3O2/c1-35-29-18-22(16-17-28(29)36-21-24-12-8-9-15-26(24)31)20-32-30-19-27(23-10-4-2-5-11-23)33-34(30)25-13-6-3-7-14-25/h2-20H,21H2,1H3/b32-20+. The smallest absolute Gasteiger partial charge is 0.161 e. The Morgan fingerprint density at radius 1 is 0.833 bits per heavy atom. The van der Waals surface area contributed by atoms with E-state index in [2.05, 4.69) is 0 Å². The summed E-state index contributed by atoms with van der Waals surface area (Å²) in [5, 5.41) is 5.49. The van der Waals surface area contributed by atoms with E-state index >= 15 is 0 Å². The number of hydrogen-bond acceptors (Lipinski definition) is 4. The molecule has 36 heavy (non-hydrogen) atoms. The number of aliphatic imine (C=N–C) groups is 1. The summed E-state index contributed by atoms with van der Waals surface area (Å²) in [6.07, 6.45) is 1.80. The molecule has 0 unspecified atom stereocenters. The molecule has 0 amide bonds. The lowest BCUT2D eigenvalue weighted by Crippen LogP contribution is -1.99. The Morgan fingerprint density at radius 3 is 2.31 bits per heavy atom. The highest BCUT2D eigenvalue weighted by molar-refractivity contribution is 6.31. The monoisotopic (exact) mass is 493 g/mol. The van der Waals surface area contributed by atoms with Gasteiger partial charge in [-0.05, 0) is 42.0 Å². The second kappa shape index (κ2) is 10.9. The number of methoxy groups -OCH3 is 1. The summed E-state index contributed by atoms with van der Waals surface area (Å²) in [7, 11) is 1.62. The maximum atomic E-state index is 6.25. The van der Waals surface area contributed by atoms with E-state index in [-0.39, 0.29) is 0 Å². The molecule has 5 nitrogen and oxygen atoms in total. The predicted octanol–water partition coefficient (Wildman–Crippen LogP) is 7.53. The maximum absolute atomic E-state index is 6.25. The molecule has 0 atom stereocenters. The van der Waals surface area contributed by atoms with Crippen molar-refractivity contribution in [3.8, 4) is 28.4 Å². The van der Waals surface area contributed by atoms with E-state index in [1.807, 2.05) is 114 Å². The van der Waals surface area contributed by atoms with E-state index in [9.17, 15) is 0 Å². The van der Waals surface area contributed by atoms with E-state index < -0.39 is 0 Å². The number of rotatable bonds is 8. The van der Waals surface area contributed by atoms with Gasteiger partial charge in [-0.3, -0.25) is 0 Å². The molecule has 1 heterocycles. The number of aromatic nitrogens is 2. The lowest BCUT2D eigenvalue weighted by atomic mass is 10.1. The average molecular weight is 494 g/mol.